The van der Waals surface area contributed by atoms with Gasteiger partial charge in [-0.15, -0.1) is 0 Å². The molecule has 1 heterocycles. The van der Waals surface area contributed by atoms with Crippen LogP contribution in [0.15, 0.2) is 42.5 Å². The highest BCUT2D eigenvalue weighted by atomic mass is 16.5. The Hall–Kier alpha value is -2.73. The van der Waals surface area contributed by atoms with Crippen molar-refractivity contribution in [2.45, 2.75) is 32.3 Å². The lowest BCUT2D eigenvalue weighted by Crippen LogP contribution is -2.44. The molecule has 6 nitrogen and oxygen atoms in total. The van der Waals surface area contributed by atoms with Crippen LogP contribution in [-0.2, 0) is 11.2 Å². The van der Waals surface area contributed by atoms with Gasteiger partial charge in [0, 0.05) is 19.6 Å². The Bertz CT molecular complexity index is 809. The number of likely N-dealkylation sites (tertiary alicyclic amines) is 1. The SMILES string of the molecule is COc1cccc(OC)c1OC1CCN(CC(=O)NCCc2ccccc2C)CC1. The summed E-state index contributed by atoms with van der Waals surface area (Å²) >= 11 is 0. The van der Waals surface area contributed by atoms with Crippen LogP contribution >= 0.6 is 0 Å². The highest BCUT2D eigenvalue weighted by Gasteiger charge is 2.24. The first-order valence-electron chi connectivity index (χ1n) is 10.5. The number of hydrogen-bond acceptors (Lipinski definition) is 5. The molecule has 1 fully saturated rings. The van der Waals surface area contributed by atoms with E-state index in [0.717, 1.165) is 32.4 Å². The summed E-state index contributed by atoms with van der Waals surface area (Å²) in [6.45, 7) is 4.85. The number of rotatable bonds is 9. The predicted octanol–water partition coefficient (Wildman–Crippen LogP) is 3.21. The summed E-state index contributed by atoms with van der Waals surface area (Å²) < 4.78 is 17.0. The van der Waals surface area contributed by atoms with E-state index in [4.69, 9.17) is 14.2 Å². The van der Waals surface area contributed by atoms with Crippen LogP contribution in [0.1, 0.15) is 24.0 Å². The van der Waals surface area contributed by atoms with Crippen LogP contribution in [0.4, 0.5) is 0 Å². The Kier molecular flexibility index (Phi) is 7.97. The second-order valence-corrected chi connectivity index (χ2v) is 7.61. The van der Waals surface area contributed by atoms with E-state index in [-0.39, 0.29) is 12.0 Å². The number of amides is 1. The smallest absolute Gasteiger partial charge is 0.234 e. The Morgan fingerprint density at radius 2 is 1.70 bits per heavy atom. The van der Waals surface area contributed by atoms with Crippen LogP contribution < -0.4 is 19.5 Å². The second kappa shape index (κ2) is 10.9. The van der Waals surface area contributed by atoms with Gasteiger partial charge in [0.2, 0.25) is 11.7 Å². The fraction of sp³-hybridized carbons (Fsp3) is 0.458. The topological polar surface area (TPSA) is 60.0 Å². The predicted molar refractivity (Wildman–Crippen MR) is 118 cm³/mol. The number of piperidine rings is 1. The molecular weight excluding hydrogens is 380 g/mol. The molecule has 1 aliphatic rings. The lowest BCUT2D eigenvalue weighted by atomic mass is 10.1. The molecule has 2 aromatic rings. The van der Waals surface area contributed by atoms with Crippen LogP contribution in [0.3, 0.4) is 0 Å². The van der Waals surface area contributed by atoms with Gasteiger partial charge in [-0.25, -0.2) is 0 Å². The van der Waals surface area contributed by atoms with Crippen LogP contribution in [0.25, 0.3) is 0 Å². The minimum Gasteiger partial charge on any atom is -0.493 e. The summed E-state index contributed by atoms with van der Waals surface area (Å²) in [5.74, 6) is 2.07. The largest absolute Gasteiger partial charge is 0.493 e. The van der Waals surface area contributed by atoms with Crippen LogP contribution in [0.5, 0.6) is 17.2 Å². The molecule has 162 valence electrons. The minimum atomic E-state index is 0.0781. The summed E-state index contributed by atoms with van der Waals surface area (Å²) in [5, 5.41) is 3.04. The molecule has 6 heteroatoms. The van der Waals surface area contributed by atoms with Crippen molar-refractivity contribution in [2.24, 2.45) is 0 Å². The van der Waals surface area contributed by atoms with Crippen molar-refractivity contribution >= 4 is 5.91 Å². The maximum atomic E-state index is 12.3. The highest BCUT2D eigenvalue weighted by molar-refractivity contribution is 5.78. The second-order valence-electron chi connectivity index (χ2n) is 7.61. The molecule has 0 aromatic heterocycles. The van der Waals surface area contributed by atoms with Crippen molar-refractivity contribution in [3.63, 3.8) is 0 Å². The molecule has 1 saturated heterocycles. The Morgan fingerprint density at radius 1 is 1.03 bits per heavy atom. The average molecular weight is 413 g/mol. The Balaban J connectivity index is 1.41. The number of benzene rings is 2. The maximum Gasteiger partial charge on any atom is 0.234 e. The molecule has 0 bridgehead atoms. The normalized spacial score (nSPS) is 14.9. The van der Waals surface area contributed by atoms with Crippen molar-refractivity contribution in [2.75, 3.05) is 40.4 Å². The van der Waals surface area contributed by atoms with Gasteiger partial charge in [0.05, 0.1) is 20.8 Å². The number of para-hydroxylation sites is 1. The van der Waals surface area contributed by atoms with E-state index < -0.39 is 0 Å². The molecule has 0 saturated carbocycles. The summed E-state index contributed by atoms with van der Waals surface area (Å²) in [7, 11) is 3.25. The molecule has 0 radical (unpaired) electrons. The van der Waals surface area contributed by atoms with E-state index in [1.165, 1.54) is 11.1 Å². The number of hydrogen-bond donors (Lipinski definition) is 1. The number of carbonyl (C=O) groups excluding carboxylic acids is 1. The quantitative estimate of drug-likeness (QED) is 0.685. The standard InChI is InChI=1S/C24H32N2O4/c1-18-7-4-5-8-19(18)11-14-25-23(27)17-26-15-12-20(13-16-26)30-24-21(28-2)9-6-10-22(24)29-3/h4-10,20H,11-17H2,1-3H3,(H,25,27). The van der Waals surface area contributed by atoms with E-state index in [1.54, 1.807) is 14.2 Å². The number of methoxy groups -OCH3 is 2. The van der Waals surface area contributed by atoms with Gasteiger partial charge >= 0.3 is 0 Å². The first kappa shape index (κ1) is 22.0. The number of ether oxygens (including phenoxy) is 3. The molecule has 0 atom stereocenters. The third kappa shape index (κ3) is 5.89. The molecule has 1 aliphatic heterocycles. The van der Waals surface area contributed by atoms with Crippen LogP contribution in [0, 0.1) is 6.92 Å². The van der Waals surface area contributed by atoms with Crippen molar-refractivity contribution in [3.8, 4) is 17.2 Å². The molecule has 1 amide bonds. The third-order valence-electron chi connectivity index (χ3n) is 5.55. The van der Waals surface area contributed by atoms with Crippen molar-refractivity contribution < 1.29 is 19.0 Å². The van der Waals surface area contributed by atoms with E-state index in [9.17, 15) is 4.79 Å². The fourth-order valence-corrected chi connectivity index (χ4v) is 3.77. The van der Waals surface area contributed by atoms with Crippen molar-refractivity contribution in [1.82, 2.24) is 10.2 Å². The van der Waals surface area contributed by atoms with Crippen molar-refractivity contribution in [3.05, 3.63) is 53.6 Å². The first-order valence-corrected chi connectivity index (χ1v) is 10.5. The number of nitrogens with zero attached hydrogens (tertiary/aromatic N) is 1. The number of aryl methyl sites for hydroxylation is 1. The lowest BCUT2D eigenvalue weighted by molar-refractivity contribution is -0.122. The Labute approximate surface area is 179 Å². The van der Waals surface area contributed by atoms with Crippen molar-refractivity contribution in [1.29, 1.82) is 0 Å². The molecule has 2 aromatic carbocycles. The minimum absolute atomic E-state index is 0.0781. The van der Waals surface area contributed by atoms with Gasteiger partial charge in [-0.1, -0.05) is 30.3 Å². The summed E-state index contributed by atoms with van der Waals surface area (Å²) in [6.07, 6.45) is 2.65. The van der Waals surface area contributed by atoms with Gasteiger partial charge in [0.25, 0.3) is 0 Å². The zero-order chi connectivity index (χ0) is 21.3. The van der Waals surface area contributed by atoms with E-state index in [0.29, 0.717) is 30.3 Å². The monoisotopic (exact) mass is 412 g/mol. The van der Waals surface area contributed by atoms with Gasteiger partial charge in [-0.2, -0.15) is 0 Å². The van der Waals surface area contributed by atoms with Gasteiger partial charge in [-0.3, -0.25) is 9.69 Å². The van der Waals surface area contributed by atoms with Crippen LogP contribution in [-0.4, -0.2) is 57.3 Å². The average Bonchev–Trinajstić information content (AvgIpc) is 2.76. The summed E-state index contributed by atoms with van der Waals surface area (Å²) in [4.78, 5) is 14.5. The fourth-order valence-electron chi connectivity index (χ4n) is 3.77. The lowest BCUT2D eigenvalue weighted by Gasteiger charge is -2.32. The van der Waals surface area contributed by atoms with E-state index >= 15 is 0 Å². The van der Waals surface area contributed by atoms with E-state index in [2.05, 4.69) is 29.3 Å². The zero-order valence-electron chi connectivity index (χ0n) is 18.1. The molecule has 30 heavy (non-hydrogen) atoms. The molecular formula is C24H32N2O4. The van der Waals surface area contributed by atoms with Gasteiger partial charge in [0.1, 0.15) is 6.10 Å². The molecule has 0 unspecified atom stereocenters. The van der Waals surface area contributed by atoms with Gasteiger partial charge < -0.3 is 19.5 Å². The third-order valence-corrected chi connectivity index (χ3v) is 5.55. The first-order chi connectivity index (χ1) is 14.6. The summed E-state index contributed by atoms with van der Waals surface area (Å²) in [5.41, 5.74) is 2.54. The Morgan fingerprint density at radius 3 is 2.33 bits per heavy atom. The number of nitrogens with one attached hydrogen (secondary N) is 1. The molecule has 0 aliphatic carbocycles. The van der Waals surface area contributed by atoms with Gasteiger partial charge in [-0.05, 0) is 49.4 Å². The molecule has 1 N–H and O–H groups in total. The van der Waals surface area contributed by atoms with Crippen LogP contribution in [0.2, 0.25) is 0 Å². The number of carbonyl (C=O) groups is 1. The molecule has 3 rings (SSSR count). The van der Waals surface area contributed by atoms with Gasteiger partial charge in [0.15, 0.2) is 11.5 Å². The zero-order valence-corrected chi connectivity index (χ0v) is 18.1. The van der Waals surface area contributed by atoms with E-state index in [1.807, 2.05) is 30.3 Å². The maximum absolute atomic E-state index is 12.3. The summed E-state index contributed by atoms with van der Waals surface area (Å²) in [6, 6.07) is 13.9. The highest BCUT2D eigenvalue weighted by Crippen LogP contribution is 2.38. The molecule has 0 spiro atoms.